The van der Waals surface area contributed by atoms with Gasteiger partial charge in [0.05, 0.1) is 0 Å². The predicted molar refractivity (Wildman–Crippen MR) is 49.1 cm³/mol. The van der Waals surface area contributed by atoms with E-state index >= 15 is 0 Å². The summed E-state index contributed by atoms with van der Waals surface area (Å²) in [5.41, 5.74) is 0. The van der Waals surface area contributed by atoms with E-state index in [0.29, 0.717) is 0 Å². The summed E-state index contributed by atoms with van der Waals surface area (Å²) in [6.45, 7) is 0. The quantitative estimate of drug-likeness (QED) is 0.533. The molecule has 0 aromatic heterocycles. The highest BCUT2D eigenvalue weighted by Gasteiger charge is 2.31. The van der Waals surface area contributed by atoms with Gasteiger partial charge in [0.2, 0.25) is 0 Å². The highest BCUT2D eigenvalue weighted by atomic mass is 35.6. The topological polar surface area (TPSA) is 0 Å². The zero-order chi connectivity index (χ0) is 7.33. The van der Waals surface area contributed by atoms with E-state index < -0.39 is 0 Å². The molecule has 8 heteroatoms. The molecule has 0 aromatic rings. The van der Waals surface area contributed by atoms with Gasteiger partial charge < -0.3 is 0 Å². The van der Waals surface area contributed by atoms with Crippen LogP contribution in [0.3, 0.4) is 0 Å². The van der Waals surface area contributed by atoms with Crippen molar-refractivity contribution >= 4 is 79.6 Å². The maximum Gasteiger partial charge on any atom is 0.172 e. The van der Waals surface area contributed by atoms with Crippen LogP contribution in [0.15, 0.2) is 0 Å². The van der Waals surface area contributed by atoms with E-state index in [2.05, 4.69) is 0 Å². The Bertz CT molecular complexity index is 55.5. The van der Waals surface area contributed by atoms with E-state index in [1.54, 1.807) is 0 Å². The highest BCUT2D eigenvalue weighted by molar-refractivity contribution is 7.31. The monoisotopic (exact) mass is 264 g/mol. The fraction of sp³-hybridized carbons (Fsp3) is 1.00. The maximum atomic E-state index is 5.62. The SMILES string of the molecule is Cl[Si]C([Si]Cl)([Si]Cl)[Si]Cl. The average molecular weight is 266 g/mol. The molecule has 0 saturated carbocycles. The molecular weight excluding hydrogens is 266 g/mol. The fourth-order valence-corrected chi connectivity index (χ4v) is 8.68. The highest BCUT2D eigenvalue weighted by Crippen LogP contribution is 2.24. The first kappa shape index (κ1) is 11.0. The van der Waals surface area contributed by atoms with Crippen LogP contribution in [-0.4, -0.2) is 35.3 Å². The van der Waals surface area contributed by atoms with Crippen molar-refractivity contribution in [2.75, 3.05) is 0 Å². The zero-order valence-electron chi connectivity index (χ0n) is 4.01. The summed E-state index contributed by atoms with van der Waals surface area (Å²) in [4.78, 5) is 0. The minimum absolute atomic E-state index is 0.160. The standard InChI is InChI=1S/CCl4Si4/c2-6-1(7-3,8-4)9-5. The second kappa shape index (κ2) is 5.65. The smallest absolute Gasteiger partial charge is 0.172 e. The van der Waals surface area contributed by atoms with Crippen LogP contribution in [-0.2, 0) is 0 Å². The van der Waals surface area contributed by atoms with Gasteiger partial charge in [0.15, 0.2) is 35.3 Å². The van der Waals surface area contributed by atoms with Crippen molar-refractivity contribution < 1.29 is 0 Å². The van der Waals surface area contributed by atoms with E-state index in [1.807, 2.05) is 0 Å². The van der Waals surface area contributed by atoms with E-state index in [1.165, 1.54) is 0 Å². The molecule has 0 spiro atoms. The van der Waals surface area contributed by atoms with Gasteiger partial charge >= 0.3 is 0 Å². The molecule has 0 aliphatic heterocycles. The molecule has 0 aromatic carbocycles. The first-order chi connectivity index (χ1) is 4.24. The van der Waals surface area contributed by atoms with Gasteiger partial charge in [-0.05, 0) is 3.91 Å². The minimum Gasteiger partial charge on any atom is -0.172 e. The molecule has 0 fully saturated rings. The Balaban J connectivity index is 3.82. The average Bonchev–Trinajstić information content (AvgIpc) is 1.95. The van der Waals surface area contributed by atoms with Crippen molar-refractivity contribution in [3.05, 3.63) is 0 Å². The summed E-state index contributed by atoms with van der Waals surface area (Å²) in [6, 6.07) is 0. The first-order valence-electron chi connectivity index (χ1n) is 1.76. The van der Waals surface area contributed by atoms with Crippen molar-refractivity contribution in [1.82, 2.24) is 0 Å². The summed E-state index contributed by atoms with van der Waals surface area (Å²) in [5, 5.41) is 0. The van der Waals surface area contributed by atoms with Crippen molar-refractivity contribution in [2.45, 2.75) is 3.91 Å². The Hall–Kier alpha value is 2.03. The number of rotatable bonds is 4. The lowest BCUT2D eigenvalue weighted by molar-refractivity contribution is 1.66. The Kier molecular flexibility index (Phi) is 6.92. The number of hydrogen-bond acceptors (Lipinski definition) is 0. The predicted octanol–water partition coefficient (Wildman–Crippen LogP) is 1.45. The molecule has 0 amide bonds. The molecule has 9 heavy (non-hydrogen) atoms. The molecular formula is CCl4Si4. The molecule has 0 nitrogen and oxygen atoms in total. The van der Waals surface area contributed by atoms with Gasteiger partial charge in [0, 0.05) is 0 Å². The third-order valence-corrected chi connectivity index (χ3v) is 15.3. The molecule has 0 heterocycles. The second-order valence-electron chi connectivity index (χ2n) is 1.13. The molecule has 0 aliphatic carbocycles. The summed E-state index contributed by atoms with van der Waals surface area (Å²) >= 11 is 22.5. The van der Waals surface area contributed by atoms with Crippen molar-refractivity contribution in [2.24, 2.45) is 0 Å². The minimum atomic E-state index is -0.160. The summed E-state index contributed by atoms with van der Waals surface area (Å²) in [5.74, 6) is 0. The van der Waals surface area contributed by atoms with Crippen LogP contribution in [0.4, 0.5) is 0 Å². The van der Waals surface area contributed by atoms with Gasteiger partial charge in [-0.25, -0.2) is 0 Å². The molecule has 0 unspecified atom stereocenters. The first-order valence-corrected chi connectivity index (χ1v) is 9.80. The number of hydrogen-bond donors (Lipinski definition) is 0. The van der Waals surface area contributed by atoms with Crippen molar-refractivity contribution in [1.29, 1.82) is 0 Å². The Labute approximate surface area is 83.1 Å². The second-order valence-corrected chi connectivity index (χ2v) is 10.2. The molecule has 0 aliphatic rings. The van der Waals surface area contributed by atoms with E-state index in [4.69, 9.17) is 44.3 Å². The van der Waals surface area contributed by atoms with Crippen molar-refractivity contribution in [3.63, 3.8) is 0 Å². The zero-order valence-corrected chi connectivity index (χ0v) is 11.0. The third kappa shape index (κ3) is 3.28. The van der Waals surface area contributed by atoms with Crippen LogP contribution >= 0.6 is 44.3 Å². The van der Waals surface area contributed by atoms with Gasteiger partial charge in [0.25, 0.3) is 0 Å². The summed E-state index contributed by atoms with van der Waals surface area (Å²) in [7, 11) is 0.931. The molecule has 48 valence electrons. The molecule has 0 atom stereocenters. The van der Waals surface area contributed by atoms with Gasteiger partial charge in [-0.15, -0.1) is 0 Å². The van der Waals surface area contributed by atoms with Gasteiger partial charge in [-0.2, -0.15) is 44.3 Å². The molecule has 0 N–H and O–H groups in total. The van der Waals surface area contributed by atoms with Crippen LogP contribution in [0.2, 0.25) is 3.91 Å². The Morgan fingerprint density at radius 2 is 0.889 bits per heavy atom. The molecule has 0 rings (SSSR count). The molecule has 0 saturated heterocycles. The van der Waals surface area contributed by atoms with Crippen LogP contribution in [0, 0.1) is 0 Å². The molecule has 8 radical (unpaired) electrons. The van der Waals surface area contributed by atoms with Gasteiger partial charge in [-0.3, -0.25) is 0 Å². The lowest BCUT2D eigenvalue weighted by atomic mass is 11.8. The third-order valence-electron chi connectivity index (χ3n) is 0.567. The van der Waals surface area contributed by atoms with Gasteiger partial charge in [0.1, 0.15) is 0 Å². The van der Waals surface area contributed by atoms with Gasteiger partial charge in [-0.1, -0.05) is 0 Å². The molecule has 0 bridgehead atoms. The Morgan fingerprint density at radius 3 is 0.889 bits per heavy atom. The van der Waals surface area contributed by atoms with Crippen molar-refractivity contribution in [3.8, 4) is 0 Å². The van der Waals surface area contributed by atoms with E-state index in [-0.39, 0.29) is 39.2 Å². The summed E-state index contributed by atoms with van der Waals surface area (Å²) in [6.07, 6.45) is 0. The lowest BCUT2D eigenvalue weighted by Gasteiger charge is -2.17. The summed E-state index contributed by atoms with van der Waals surface area (Å²) < 4.78 is -0.160. The van der Waals surface area contributed by atoms with Crippen LogP contribution in [0.5, 0.6) is 0 Å². The number of halogens is 4. The van der Waals surface area contributed by atoms with Crippen LogP contribution in [0.25, 0.3) is 0 Å². The maximum absolute atomic E-state index is 5.62. The fourth-order valence-electron chi connectivity index (χ4n) is 0.107. The van der Waals surface area contributed by atoms with Crippen LogP contribution in [0.1, 0.15) is 0 Å². The van der Waals surface area contributed by atoms with E-state index in [9.17, 15) is 0 Å². The van der Waals surface area contributed by atoms with Crippen LogP contribution < -0.4 is 0 Å². The Morgan fingerprint density at radius 1 is 0.667 bits per heavy atom. The largest absolute Gasteiger partial charge is 0.172 e. The van der Waals surface area contributed by atoms with E-state index in [0.717, 1.165) is 0 Å². The lowest BCUT2D eigenvalue weighted by Crippen LogP contribution is -2.30. The normalized spacial score (nSPS) is 12.0.